The molecular formula is C21H19ClFN11O. The number of anilines is 2. The predicted molar refractivity (Wildman–Crippen MR) is 128 cm³/mol. The molecule has 35 heavy (non-hydrogen) atoms. The molecular weight excluding hydrogens is 477 g/mol. The van der Waals surface area contributed by atoms with E-state index in [1.807, 2.05) is 0 Å². The number of aromatic amines is 1. The highest BCUT2D eigenvalue weighted by Crippen LogP contribution is 2.32. The Morgan fingerprint density at radius 1 is 1.26 bits per heavy atom. The fourth-order valence-electron chi connectivity index (χ4n) is 3.83. The lowest BCUT2D eigenvalue weighted by atomic mass is 10.1. The molecule has 0 aliphatic carbocycles. The van der Waals surface area contributed by atoms with Gasteiger partial charge in [0.05, 0.1) is 29.2 Å². The number of aryl methyl sites for hydroxylation is 2. The number of tetrazole rings is 1. The van der Waals surface area contributed by atoms with Crippen LogP contribution in [0, 0.1) is 12.7 Å². The third kappa shape index (κ3) is 3.85. The van der Waals surface area contributed by atoms with E-state index in [0.717, 1.165) is 5.69 Å². The summed E-state index contributed by atoms with van der Waals surface area (Å²) in [6.45, 7) is 3.59. The van der Waals surface area contributed by atoms with E-state index in [4.69, 9.17) is 17.3 Å². The average Bonchev–Trinajstić information content (AvgIpc) is 3.44. The minimum Gasteiger partial charge on any atom is -0.383 e. The van der Waals surface area contributed by atoms with Gasteiger partial charge in [0.15, 0.2) is 5.82 Å². The third-order valence-electron chi connectivity index (χ3n) is 5.44. The molecule has 178 valence electrons. The van der Waals surface area contributed by atoms with E-state index in [9.17, 15) is 9.18 Å². The molecule has 5 rings (SSSR count). The Kier molecular flexibility index (Phi) is 5.40. The number of pyridine rings is 1. The first-order valence-corrected chi connectivity index (χ1v) is 10.8. The number of hydrogen-bond acceptors (Lipinski definition) is 9. The van der Waals surface area contributed by atoms with E-state index < -0.39 is 17.4 Å². The van der Waals surface area contributed by atoms with Crippen molar-refractivity contribution in [2.75, 3.05) is 11.1 Å². The second-order valence-corrected chi connectivity index (χ2v) is 8.30. The fraction of sp³-hybridized carbons (Fsp3) is 0.190. The van der Waals surface area contributed by atoms with Gasteiger partial charge in [-0.25, -0.2) is 14.4 Å². The predicted octanol–water partition coefficient (Wildman–Crippen LogP) is 2.55. The van der Waals surface area contributed by atoms with E-state index in [1.165, 1.54) is 27.8 Å². The van der Waals surface area contributed by atoms with Crippen LogP contribution in [0.2, 0.25) is 5.02 Å². The van der Waals surface area contributed by atoms with E-state index >= 15 is 0 Å². The lowest BCUT2D eigenvalue weighted by Gasteiger charge is -2.21. The highest BCUT2D eigenvalue weighted by Gasteiger charge is 2.23. The molecule has 0 bridgehead atoms. The van der Waals surface area contributed by atoms with Crippen molar-refractivity contribution in [2.45, 2.75) is 19.9 Å². The van der Waals surface area contributed by atoms with Gasteiger partial charge in [0.2, 0.25) is 5.82 Å². The summed E-state index contributed by atoms with van der Waals surface area (Å²) in [6.07, 6.45) is 1.29. The van der Waals surface area contributed by atoms with Gasteiger partial charge in [-0.1, -0.05) is 11.6 Å². The Bertz CT molecular complexity index is 1640. The van der Waals surface area contributed by atoms with Crippen LogP contribution in [0.1, 0.15) is 24.4 Å². The van der Waals surface area contributed by atoms with Crippen LogP contribution in [0.25, 0.3) is 28.0 Å². The van der Waals surface area contributed by atoms with Gasteiger partial charge in [-0.15, -0.1) is 10.2 Å². The number of H-pyrrole nitrogens is 1. The second kappa shape index (κ2) is 8.43. The van der Waals surface area contributed by atoms with Crippen molar-refractivity contribution in [3.05, 3.63) is 63.2 Å². The summed E-state index contributed by atoms with van der Waals surface area (Å²) in [5, 5.41) is 22.6. The van der Waals surface area contributed by atoms with Crippen LogP contribution in [0.3, 0.4) is 0 Å². The first-order valence-electron chi connectivity index (χ1n) is 10.4. The molecule has 1 aromatic carbocycles. The molecule has 4 heterocycles. The second-order valence-electron chi connectivity index (χ2n) is 7.89. The molecule has 0 radical (unpaired) electrons. The molecule has 5 aromatic rings. The number of nitrogens with zero attached hydrogens (tertiary/aromatic N) is 8. The lowest BCUT2D eigenvalue weighted by Crippen LogP contribution is -2.26. The zero-order valence-electron chi connectivity index (χ0n) is 18.8. The Balaban J connectivity index is 1.70. The Labute approximate surface area is 202 Å². The van der Waals surface area contributed by atoms with E-state index in [0.29, 0.717) is 22.9 Å². The van der Waals surface area contributed by atoms with Gasteiger partial charge in [0.25, 0.3) is 5.56 Å². The van der Waals surface area contributed by atoms with Gasteiger partial charge in [-0.05, 0) is 37.3 Å². The molecule has 0 aliphatic heterocycles. The number of nitrogens with two attached hydrogens (primary N) is 1. The monoisotopic (exact) mass is 495 g/mol. The summed E-state index contributed by atoms with van der Waals surface area (Å²) in [6, 6.07) is 5.25. The molecule has 0 aliphatic rings. The molecule has 14 heteroatoms. The van der Waals surface area contributed by atoms with E-state index in [1.54, 1.807) is 33.0 Å². The summed E-state index contributed by atoms with van der Waals surface area (Å²) in [5.74, 6) is 0.422. The zero-order chi connectivity index (χ0) is 24.9. The van der Waals surface area contributed by atoms with Crippen LogP contribution in [0.15, 0.2) is 35.4 Å². The first-order chi connectivity index (χ1) is 16.7. The average molecular weight is 496 g/mol. The van der Waals surface area contributed by atoms with Crippen molar-refractivity contribution in [3.63, 3.8) is 0 Å². The smallest absolute Gasteiger partial charge is 0.266 e. The zero-order valence-corrected chi connectivity index (χ0v) is 19.5. The quantitative estimate of drug-likeness (QED) is 0.333. The van der Waals surface area contributed by atoms with Crippen LogP contribution in [0.5, 0.6) is 0 Å². The van der Waals surface area contributed by atoms with Gasteiger partial charge in [0, 0.05) is 17.1 Å². The Morgan fingerprint density at radius 2 is 2.06 bits per heavy atom. The maximum Gasteiger partial charge on any atom is 0.266 e. The lowest BCUT2D eigenvalue weighted by molar-refractivity contribution is 0.630. The van der Waals surface area contributed by atoms with Crippen molar-refractivity contribution >= 4 is 34.0 Å². The summed E-state index contributed by atoms with van der Waals surface area (Å²) in [7, 11) is 1.62. The number of rotatable bonds is 5. The number of halogens is 2. The molecule has 4 N–H and O–H groups in total. The number of nitrogen functional groups attached to an aromatic ring is 1. The molecule has 12 nitrogen and oxygen atoms in total. The standard InChI is InChI=1S/C21H19ClFN11O/c1-9-6-15(29-28-9)34-14(7-11-13(23)5-4-12(22)16(11)21(34)35)10(2)27-19-17(18(24)25-8-26-19)20-30-32-33(3)31-20/h4-8,10H,1-3H3,(H,28,29)(H3,24,25,26,27). The van der Waals surface area contributed by atoms with E-state index in [-0.39, 0.29) is 27.4 Å². The van der Waals surface area contributed by atoms with E-state index in [2.05, 4.69) is 40.9 Å². The highest BCUT2D eigenvalue weighted by atomic mass is 35.5. The summed E-state index contributed by atoms with van der Waals surface area (Å²) < 4.78 is 16.2. The van der Waals surface area contributed by atoms with Crippen LogP contribution in [-0.2, 0) is 7.05 Å². The van der Waals surface area contributed by atoms with Crippen molar-refractivity contribution < 1.29 is 4.39 Å². The molecule has 0 amide bonds. The molecule has 1 unspecified atom stereocenters. The summed E-state index contributed by atoms with van der Waals surface area (Å²) in [4.78, 5) is 23.2. The van der Waals surface area contributed by atoms with Crippen molar-refractivity contribution in [1.82, 2.24) is 44.9 Å². The fourth-order valence-corrected chi connectivity index (χ4v) is 4.08. The molecule has 1 atom stereocenters. The van der Waals surface area contributed by atoms with Gasteiger partial charge < -0.3 is 11.1 Å². The largest absolute Gasteiger partial charge is 0.383 e. The van der Waals surface area contributed by atoms with Crippen molar-refractivity contribution in [3.8, 4) is 17.2 Å². The van der Waals surface area contributed by atoms with Crippen LogP contribution in [-0.4, -0.2) is 44.9 Å². The first kappa shape index (κ1) is 22.4. The molecule has 0 saturated heterocycles. The highest BCUT2D eigenvalue weighted by molar-refractivity contribution is 6.35. The maximum absolute atomic E-state index is 14.8. The molecule has 0 spiro atoms. The van der Waals surface area contributed by atoms with Crippen LogP contribution < -0.4 is 16.6 Å². The molecule has 4 aromatic heterocycles. The Morgan fingerprint density at radius 3 is 2.74 bits per heavy atom. The number of hydrogen-bond donors (Lipinski definition) is 3. The minimum absolute atomic E-state index is 0.0546. The third-order valence-corrected chi connectivity index (χ3v) is 5.75. The molecule has 0 saturated carbocycles. The van der Waals surface area contributed by atoms with Gasteiger partial charge >= 0.3 is 0 Å². The summed E-state index contributed by atoms with van der Waals surface area (Å²) in [5.41, 5.74) is 7.07. The number of benzene rings is 1. The minimum atomic E-state index is -0.591. The van der Waals surface area contributed by atoms with Gasteiger partial charge in [-0.2, -0.15) is 9.90 Å². The van der Waals surface area contributed by atoms with Crippen LogP contribution in [0.4, 0.5) is 16.0 Å². The number of fused-ring (bicyclic) bond motifs is 1. The van der Waals surface area contributed by atoms with Gasteiger partial charge in [0.1, 0.15) is 29.3 Å². The van der Waals surface area contributed by atoms with Crippen molar-refractivity contribution in [1.29, 1.82) is 0 Å². The van der Waals surface area contributed by atoms with Crippen molar-refractivity contribution in [2.24, 2.45) is 7.05 Å². The number of nitrogens with one attached hydrogen (secondary N) is 2. The normalized spacial score (nSPS) is 12.3. The van der Waals surface area contributed by atoms with Crippen LogP contribution >= 0.6 is 11.6 Å². The number of aromatic nitrogens is 9. The molecule has 0 fully saturated rings. The maximum atomic E-state index is 14.8. The SMILES string of the molecule is Cc1cc(-n2c(C(C)Nc3ncnc(N)c3-c3nnn(C)n3)cc3c(F)ccc(Cl)c3c2=O)n[nH]1. The van der Waals surface area contributed by atoms with Gasteiger partial charge in [-0.3, -0.25) is 14.5 Å². The summed E-state index contributed by atoms with van der Waals surface area (Å²) >= 11 is 6.29. The topological polar surface area (TPSA) is 158 Å². The Hall–Kier alpha value is -4.39.